The van der Waals surface area contributed by atoms with Crippen LogP contribution in [0.4, 0.5) is 23.2 Å². The van der Waals surface area contributed by atoms with Crippen LogP contribution in [0.1, 0.15) is 5.56 Å². The lowest BCUT2D eigenvalue weighted by Crippen LogP contribution is -2.24. The van der Waals surface area contributed by atoms with Crippen molar-refractivity contribution in [1.29, 1.82) is 0 Å². The zero-order chi connectivity index (χ0) is 17.4. The standard InChI is InChI=1S/C13H12F4N2O2S2/c1-7-3-8(14)9(18-12-19(2)11(20)5-22-12)4-10(7)23(21)6-13(15,16)17/h3-4H,5-6H2,1-2H3. The SMILES string of the molecule is Cc1cc(F)c(N=C2SCC(=O)N2C)cc1S(=O)CC(F)(F)F. The van der Waals surface area contributed by atoms with Crippen LogP contribution in [-0.4, -0.2) is 44.9 Å². The summed E-state index contributed by atoms with van der Waals surface area (Å²) in [6.45, 7) is 1.38. The van der Waals surface area contributed by atoms with E-state index in [1.165, 1.54) is 18.9 Å². The average molecular weight is 368 g/mol. The first kappa shape index (κ1) is 17.9. The molecule has 1 aromatic rings. The molecule has 1 saturated heterocycles. The van der Waals surface area contributed by atoms with Gasteiger partial charge in [0.05, 0.1) is 16.6 Å². The molecule has 0 aliphatic carbocycles. The zero-order valence-corrected chi connectivity index (χ0v) is 13.7. The number of hydrogen-bond donors (Lipinski definition) is 0. The van der Waals surface area contributed by atoms with E-state index in [2.05, 4.69) is 4.99 Å². The van der Waals surface area contributed by atoms with Crippen LogP contribution in [0.25, 0.3) is 0 Å². The van der Waals surface area contributed by atoms with Crippen molar-refractivity contribution in [1.82, 2.24) is 4.90 Å². The molecule has 0 bridgehead atoms. The number of hydrogen-bond acceptors (Lipinski definition) is 4. The first-order valence-electron chi connectivity index (χ1n) is 6.32. The van der Waals surface area contributed by atoms with E-state index in [0.29, 0.717) is 0 Å². The summed E-state index contributed by atoms with van der Waals surface area (Å²) in [5, 5.41) is 0.241. The van der Waals surface area contributed by atoms with Crippen LogP contribution in [0.2, 0.25) is 0 Å². The minimum atomic E-state index is -4.59. The van der Waals surface area contributed by atoms with Gasteiger partial charge in [0.15, 0.2) is 5.17 Å². The quantitative estimate of drug-likeness (QED) is 0.771. The van der Waals surface area contributed by atoms with Crippen LogP contribution in [0.5, 0.6) is 0 Å². The monoisotopic (exact) mass is 368 g/mol. The maximum Gasteiger partial charge on any atom is 0.400 e. The predicted octanol–water partition coefficient (Wildman–Crippen LogP) is 3.00. The van der Waals surface area contributed by atoms with Gasteiger partial charge in [0.1, 0.15) is 17.3 Å². The highest BCUT2D eigenvalue weighted by molar-refractivity contribution is 8.15. The normalized spacial score (nSPS) is 18.8. The van der Waals surface area contributed by atoms with E-state index < -0.39 is 28.5 Å². The van der Waals surface area contributed by atoms with Crippen LogP contribution < -0.4 is 0 Å². The minimum Gasteiger partial charge on any atom is -0.294 e. The van der Waals surface area contributed by atoms with E-state index >= 15 is 0 Å². The fourth-order valence-corrected chi connectivity index (χ4v) is 3.85. The highest BCUT2D eigenvalue weighted by Crippen LogP contribution is 2.30. The van der Waals surface area contributed by atoms with Gasteiger partial charge < -0.3 is 0 Å². The molecule has 0 N–H and O–H groups in total. The van der Waals surface area contributed by atoms with Crippen molar-refractivity contribution in [3.05, 3.63) is 23.5 Å². The Hall–Kier alpha value is -1.42. The third-order valence-electron chi connectivity index (χ3n) is 2.99. The molecule has 0 aromatic heterocycles. The molecule has 10 heteroatoms. The van der Waals surface area contributed by atoms with Crippen molar-refractivity contribution >= 4 is 39.3 Å². The molecule has 4 nitrogen and oxygen atoms in total. The molecule has 23 heavy (non-hydrogen) atoms. The number of rotatable bonds is 3. The first-order chi connectivity index (χ1) is 10.6. The van der Waals surface area contributed by atoms with Gasteiger partial charge in [-0.25, -0.2) is 9.38 Å². The number of halogens is 4. The van der Waals surface area contributed by atoms with Gasteiger partial charge in [0.2, 0.25) is 5.91 Å². The van der Waals surface area contributed by atoms with Gasteiger partial charge in [-0.3, -0.25) is 13.9 Å². The lowest BCUT2D eigenvalue weighted by Gasteiger charge is -2.11. The van der Waals surface area contributed by atoms with Gasteiger partial charge in [-0.15, -0.1) is 0 Å². The van der Waals surface area contributed by atoms with Crippen molar-refractivity contribution in [3.63, 3.8) is 0 Å². The van der Waals surface area contributed by atoms with Crippen LogP contribution in [0.15, 0.2) is 22.0 Å². The Morgan fingerprint density at radius 3 is 2.57 bits per heavy atom. The number of amidine groups is 1. The van der Waals surface area contributed by atoms with E-state index in [1.54, 1.807) is 0 Å². The minimum absolute atomic E-state index is 0.125. The molecule has 1 aromatic carbocycles. The number of thioether (sulfide) groups is 1. The third kappa shape index (κ3) is 4.31. The highest BCUT2D eigenvalue weighted by atomic mass is 32.2. The van der Waals surface area contributed by atoms with Gasteiger partial charge in [0.25, 0.3) is 0 Å². The second kappa shape index (κ2) is 6.60. The molecule has 1 fully saturated rings. The summed E-state index contributed by atoms with van der Waals surface area (Å²) in [7, 11) is -0.882. The van der Waals surface area contributed by atoms with Gasteiger partial charge in [-0.05, 0) is 24.6 Å². The predicted molar refractivity (Wildman–Crippen MR) is 80.8 cm³/mol. The molecule has 0 spiro atoms. The summed E-state index contributed by atoms with van der Waals surface area (Å²) in [6, 6.07) is 2.03. The number of aryl methyl sites for hydroxylation is 1. The molecule has 1 atom stereocenters. The Kier molecular flexibility index (Phi) is 5.14. The van der Waals surface area contributed by atoms with Gasteiger partial charge in [0, 0.05) is 11.9 Å². The Bertz CT molecular complexity index is 704. The summed E-state index contributed by atoms with van der Waals surface area (Å²) < 4.78 is 63.0. The number of aliphatic imine (C=N–C) groups is 1. The highest BCUT2D eigenvalue weighted by Gasteiger charge is 2.32. The third-order valence-corrected chi connectivity index (χ3v) is 5.52. The summed E-state index contributed by atoms with van der Waals surface area (Å²) in [5.74, 6) is -2.31. The number of benzene rings is 1. The van der Waals surface area contributed by atoms with E-state index in [9.17, 15) is 26.6 Å². The molecule has 1 unspecified atom stereocenters. The molecule has 0 radical (unpaired) electrons. The fourth-order valence-electron chi connectivity index (χ4n) is 1.84. The molecule has 2 rings (SSSR count). The summed E-state index contributed by atoms with van der Waals surface area (Å²) in [4.78, 5) is 16.5. The summed E-state index contributed by atoms with van der Waals surface area (Å²) >= 11 is 1.09. The first-order valence-corrected chi connectivity index (χ1v) is 8.62. The molecule has 1 aliphatic heterocycles. The van der Waals surface area contributed by atoms with Crippen molar-refractivity contribution < 1.29 is 26.6 Å². The van der Waals surface area contributed by atoms with Gasteiger partial charge >= 0.3 is 6.18 Å². The molecule has 1 amide bonds. The second-order valence-electron chi connectivity index (χ2n) is 4.81. The number of amides is 1. The molecule has 1 aliphatic rings. The molecular formula is C13H12F4N2O2S2. The van der Waals surface area contributed by atoms with Gasteiger partial charge in [-0.2, -0.15) is 13.2 Å². The van der Waals surface area contributed by atoms with E-state index in [1.807, 2.05) is 0 Å². The fraction of sp³-hybridized carbons (Fsp3) is 0.385. The van der Waals surface area contributed by atoms with E-state index in [-0.39, 0.29) is 33.0 Å². The summed E-state index contributed by atoms with van der Waals surface area (Å²) in [5.41, 5.74) is -0.0947. The van der Waals surface area contributed by atoms with E-state index in [4.69, 9.17) is 0 Å². The smallest absolute Gasteiger partial charge is 0.294 e. The number of carbonyl (C=O) groups excluding carboxylic acids is 1. The van der Waals surface area contributed by atoms with Crippen molar-refractivity contribution in [2.24, 2.45) is 4.99 Å². The van der Waals surface area contributed by atoms with Crippen LogP contribution in [0, 0.1) is 12.7 Å². The summed E-state index contributed by atoms with van der Waals surface area (Å²) in [6.07, 6.45) is -4.59. The Morgan fingerprint density at radius 1 is 1.39 bits per heavy atom. The Morgan fingerprint density at radius 2 is 2.04 bits per heavy atom. The Labute approximate surface area is 136 Å². The molecule has 0 saturated carbocycles. The second-order valence-corrected chi connectivity index (χ2v) is 7.17. The van der Waals surface area contributed by atoms with Crippen LogP contribution >= 0.6 is 11.8 Å². The average Bonchev–Trinajstić information content (AvgIpc) is 2.71. The molecule has 126 valence electrons. The number of nitrogens with zero attached hydrogens (tertiary/aromatic N) is 2. The number of alkyl halides is 3. The van der Waals surface area contributed by atoms with Crippen LogP contribution in [0.3, 0.4) is 0 Å². The largest absolute Gasteiger partial charge is 0.400 e. The maximum absolute atomic E-state index is 14.0. The zero-order valence-electron chi connectivity index (χ0n) is 12.1. The van der Waals surface area contributed by atoms with Gasteiger partial charge in [-0.1, -0.05) is 11.8 Å². The Balaban J connectivity index is 2.39. The van der Waals surface area contributed by atoms with E-state index in [0.717, 1.165) is 23.9 Å². The maximum atomic E-state index is 14.0. The number of carbonyl (C=O) groups is 1. The molecular weight excluding hydrogens is 356 g/mol. The lowest BCUT2D eigenvalue weighted by molar-refractivity contribution is -0.123. The van der Waals surface area contributed by atoms with Crippen molar-refractivity contribution in [2.45, 2.75) is 18.0 Å². The molecule has 1 heterocycles. The van der Waals surface area contributed by atoms with Crippen molar-refractivity contribution in [2.75, 3.05) is 18.6 Å². The topological polar surface area (TPSA) is 49.7 Å². The van der Waals surface area contributed by atoms with Crippen molar-refractivity contribution in [3.8, 4) is 0 Å². The van der Waals surface area contributed by atoms with Crippen LogP contribution in [-0.2, 0) is 15.6 Å². The lowest BCUT2D eigenvalue weighted by atomic mass is 10.2.